The maximum atomic E-state index is 13.8. The first-order valence-corrected chi connectivity index (χ1v) is 12.0. The van der Waals surface area contributed by atoms with Crippen molar-refractivity contribution in [2.24, 2.45) is 11.8 Å². The van der Waals surface area contributed by atoms with E-state index < -0.39 is 40.8 Å². The van der Waals surface area contributed by atoms with Gasteiger partial charge in [0.1, 0.15) is 17.1 Å². The summed E-state index contributed by atoms with van der Waals surface area (Å²) >= 11 is 0. The number of allylic oxidation sites excluding steroid dienone is 1. The van der Waals surface area contributed by atoms with Crippen molar-refractivity contribution in [2.75, 3.05) is 20.7 Å². The second-order valence-electron chi connectivity index (χ2n) is 9.87. The van der Waals surface area contributed by atoms with E-state index in [0.29, 0.717) is 12.2 Å². The van der Waals surface area contributed by atoms with Gasteiger partial charge in [0.05, 0.1) is 29.8 Å². The molecule has 0 fully saturated rings. The van der Waals surface area contributed by atoms with Crippen LogP contribution in [0.1, 0.15) is 69.8 Å². The number of hydrogen-bond donors (Lipinski definition) is 3. The Labute approximate surface area is 207 Å². The summed E-state index contributed by atoms with van der Waals surface area (Å²) in [5, 5.41) is 47.3. The number of hydrogen-bond acceptors (Lipinski definition) is 10. The van der Waals surface area contributed by atoms with Gasteiger partial charge in [-0.2, -0.15) is 5.26 Å². The Morgan fingerprint density at radius 2 is 2.03 bits per heavy atom. The van der Waals surface area contributed by atoms with Gasteiger partial charge in [-0.25, -0.2) is 0 Å². The molecule has 1 heterocycles. The summed E-state index contributed by atoms with van der Waals surface area (Å²) in [4.78, 5) is 29.1. The van der Waals surface area contributed by atoms with Gasteiger partial charge >= 0.3 is 0 Å². The Kier molecular flexibility index (Phi) is 5.65. The van der Waals surface area contributed by atoms with Crippen LogP contribution in [-0.4, -0.2) is 63.2 Å². The topological polar surface area (TPSA) is 157 Å². The molecule has 5 rings (SSSR count). The van der Waals surface area contributed by atoms with E-state index in [9.17, 15) is 30.2 Å². The van der Waals surface area contributed by atoms with Crippen molar-refractivity contribution >= 4 is 11.6 Å². The van der Waals surface area contributed by atoms with Crippen molar-refractivity contribution < 1.29 is 34.2 Å². The molecule has 10 heteroatoms. The van der Waals surface area contributed by atoms with E-state index in [4.69, 9.17) is 9.26 Å². The predicted molar refractivity (Wildman–Crippen MR) is 125 cm³/mol. The van der Waals surface area contributed by atoms with Gasteiger partial charge in [0, 0.05) is 11.5 Å². The number of ether oxygens (including phenoxy) is 1. The largest absolute Gasteiger partial charge is 0.508 e. The van der Waals surface area contributed by atoms with E-state index in [1.54, 1.807) is 19.0 Å². The van der Waals surface area contributed by atoms with Crippen molar-refractivity contribution in [3.8, 4) is 17.7 Å². The normalized spacial score (nSPS) is 26.7. The summed E-state index contributed by atoms with van der Waals surface area (Å²) in [6, 6.07) is 4.10. The number of aromatic nitrogens is 1. The minimum Gasteiger partial charge on any atom is -0.508 e. The van der Waals surface area contributed by atoms with Gasteiger partial charge in [0.2, 0.25) is 5.78 Å². The SMILES string of the molecule is CCCCOc1noc2c1C(=O)[C@@]1(O)C(O)=C3C(=O)c4c(O)ccc(C#N)c4C[C@H]3C[C@H]1[C@@H]2N(C)C. The van der Waals surface area contributed by atoms with Crippen LogP contribution in [0.3, 0.4) is 0 Å². The van der Waals surface area contributed by atoms with Crippen LogP contribution < -0.4 is 4.74 Å². The summed E-state index contributed by atoms with van der Waals surface area (Å²) in [6.07, 6.45) is 1.92. The predicted octanol–water partition coefficient (Wildman–Crippen LogP) is 2.85. The van der Waals surface area contributed by atoms with Gasteiger partial charge in [-0.05, 0) is 62.1 Å². The maximum absolute atomic E-state index is 13.8. The lowest BCUT2D eigenvalue weighted by Gasteiger charge is -2.49. The van der Waals surface area contributed by atoms with E-state index in [-0.39, 0.29) is 52.5 Å². The van der Waals surface area contributed by atoms with E-state index >= 15 is 0 Å². The molecule has 0 radical (unpaired) electrons. The number of carbonyl (C=O) groups excluding carboxylic acids is 2. The van der Waals surface area contributed by atoms with Crippen molar-refractivity contribution in [2.45, 2.75) is 44.2 Å². The minimum absolute atomic E-state index is 0.0487. The van der Waals surface area contributed by atoms with Crippen LogP contribution in [0.5, 0.6) is 11.6 Å². The molecule has 1 aromatic heterocycles. The highest BCUT2D eigenvalue weighted by Gasteiger charge is 2.63. The highest BCUT2D eigenvalue weighted by atomic mass is 16.5. The van der Waals surface area contributed by atoms with Crippen LogP contribution in [0.25, 0.3) is 0 Å². The molecule has 0 unspecified atom stereocenters. The molecule has 188 valence electrons. The Bertz CT molecular complexity index is 1350. The minimum atomic E-state index is -2.42. The summed E-state index contributed by atoms with van der Waals surface area (Å²) in [5.41, 5.74) is -2.03. The summed E-state index contributed by atoms with van der Waals surface area (Å²) in [7, 11) is 3.52. The molecular weight excluding hydrogens is 466 g/mol. The molecule has 3 N–H and O–H groups in total. The molecule has 0 saturated heterocycles. The van der Waals surface area contributed by atoms with Crippen LogP contribution in [0.2, 0.25) is 0 Å². The lowest BCUT2D eigenvalue weighted by molar-refractivity contribution is -0.0559. The van der Waals surface area contributed by atoms with Crippen LogP contribution in [-0.2, 0) is 6.42 Å². The number of ketones is 2. The number of rotatable bonds is 5. The van der Waals surface area contributed by atoms with Crippen LogP contribution in [0.4, 0.5) is 0 Å². The van der Waals surface area contributed by atoms with Crippen molar-refractivity contribution in [3.05, 3.63) is 51.5 Å². The molecule has 10 nitrogen and oxygen atoms in total. The third-order valence-electron chi connectivity index (χ3n) is 7.64. The fourth-order valence-corrected chi connectivity index (χ4v) is 5.95. The van der Waals surface area contributed by atoms with Gasteiger partial charge in [-0.1, -0.05) is 13.3 Å². The summed E-state index contributed by atoms with van der Waals surface area (Å²) < 4.78 is 11.2. The first kappa shape index (κ1) is 24.0. The number of unbranched alkanes of at least 4 members (excludes halogenated alkanes) is 1. The average molecular weight is 494 g/mol. The third kappa shape index (κ3) is 3.13. The van der Waals surface area contributed by atoms with Crippen LogP contribution in [0.15, 0.2) is 28.0 Å². The number of benzene rings is 1. The molecule has 36 heavy (non-hydrogen) atoms. The molecule has 1 aromatic carbocycles. The average Bonchev–Trinajstić information content (AvgIpc) is 3.25. The molecule has 0 spiro atoms. The number of nitriles is 1. The molecule has 0 saturated carbocycles. The lowest BCUT2D eigenvalue weighted by Crippen LogP contribution is -2.59. The van der Waals surface area contributed by atoms with E-state index in [1.165, 1.54) is 12.1 Å². The van der Waals surface area contributed by atoms with Crippen molar-refractivity contribution in [3.63, 3.8) is 0 Å². The quantitative estimate of drug-likeness (QED) is 0.529. The third-order valence-corrected chi connectivity index (χ3v) is 7.64. The van der Waals surface area contributed by atoms with E-state index in [1.807, 2.05) is 6.92 Å². The smallest absolute Gasteiger partial charge is 0.265 e. The standard InChI is InChI=1S/C26H27N3O7/c1-4-5-8-35-25-19-22(36-28-25)20(29(2)3)15-10-13-9-14-12(11-27)6-7-16(30)18(14)21(31)17(13)23(32)26(15,34)24(19)33/h6-7,13,15,20,30,32,34H,4-5,8-10H2,1-3H3/t13-,15-,20-,26-/m0/s1. The van der Waals surface area contributed by atoms with Crippen LogP contribution >= 0.6 is 0 Å². The fraction of sp³-hybridized carbons (Fsp3) is 0.462. The molecular formula is C26H27N3O7. The number of nitrogens with zero attached hydrogens (tertiary/aromatic N) is 3. The zero-order valence-corrected chi connectivity index (χ0v) is 20.2. The second kappa shape index (κ2) is 8.47. The number of phenols is 1. The summed E-state index contributed by atoms with van der Waals surface area (Å²) in [5.74, 6) is -3.87. The van der Waals surface area contributed by atoms with Gasteiger partial charge in [-0.3, -0.25) is 14.5 Å². The zero-order valence-electron chi connectivity index (χ0n) is 20.2. The fourth-order valence-electron chi connectivity index (χ4n) is 5.95. The van der Waals surface area contributed by atoms with Crippen molar-refractivity contribution in [1.29, 1.82) is 5.26 Å². The van der Waals surface area contributed by atoms with Crippen molar-refractivity contribution in [1.82, 2.24) is 10.1 Å². The Hall–Kier alpha value is -3.68. The van der Waals surface area contributed by atoms with Gasteiger partial charge < -0.3 is 24.6 Å². The van der Waals surface area contributed by atoms with E-state index in [0.717, 1.165) is 12.8 Å². The van der Waals surface area contributed by atoms with Gasteiger partial charge in [-0.15, -0.1) is 0 Å². The molecule has 4 atom stereocenters. The van der Waals surface area contributed by atoms with Gasteiger partial charge in [0.15, 0.2) is 17.1 Å². The number of carbonyl (C=O) groups is 2. The zero-order chi connectivity index (χ0) is 25.9. The lowest BCUT2D eigenvalue weighted by atomic mass is 9.58. The number of aliphatic hydroxyl groups is 2. The first-order chi connectivity index (χ1) is 17.2. The Balaban J connectivity index is 1.69. The first-order valence-electron chi connectivity index (χ1n) is 12.0. The molecule has 3 aliphatic rings. The number of aliphatic hydroxyl groups excluding tert-OH is 1. The number of aromatic hydroxyl groups is 1. The second-order valence-corrected chi connectivity index (χ2v) is 9.87. The Morgan fingerprint density at radius 3 is 2.69 bits per heavy atom. The van der Waals surface area contributed by atoms with Crippen LogP contribution in [0, 0.1) is 23.2 Å². The number of phenolic OH excluding ortho intramolecular Hbond substituents is 1. The molecule has 0 amide bonds. The Morgan fingerprint density at radius 1 is 1.28 bits per heavy atom. The van der Waals surface area contributed by atoms with E-state index in [2.05, 4.69) is 11.2 Å². The monoisotopic (exact) mass is 493 g/mol. The molecule has 3 aliphatic carbocycles. The van der Waals surface area contributed by atoms with Gasteiger partial charge in [0.25, 0.3) is 5.88 Å². The number of Topliss-reactive ketones (excluding diaryl/α,β-unsaturated/α-hetero) is 2. The molecule has 0 aliphatic heterocycles. The highest BCUT2D eigenvalue weighted by Crippen LogP contribution is 2.56. The number of fused-ring (bicyclic) bond motifs is 4. The maximum Gasteiger partial charge on any atom is 0.265 e. The summed E-state index contributed by atoms with van der Waals surface area (Å²) in [6.45, 7) is 2.28. The molecule has 0 bridgehead atoms. The highest BCUT2D eigenvalue weighted by molar-refractivity contribution is 6.16. The molecule has 2 aromatic rings.